The normalized spacial score (nSPS) is 23.8. The molecule has 1 N–H and O–H groups in total. The molecule has 1 heterocycles. The lowest BCUT2D eigenvalue weighted by atomic mass is 10.0. The van der Waals surface area contributed by atoms with Gasteiger partial charge in [0, 0.05) is 30.4 Å². The SMILES string of the molecule is Cc1ccc(N2CCC(C)NC(C)(C)C2)c(C)c1. The van der Waals surface area contributed by atoms with Gasteiger partial charge in [0.05, 0.1) is 0 Å². The monoisotopic (exact) mass is 246 g/mol. The topological polar surface area (TPSA) is 15.3 Å². The van der Waals surface area contributed by atoms with Gasteiger partial charge in [-0.15, -0.1) is 0 Å². The number of hydrogen-bond donors (Lipinski definition) is 1. The summed E-state index contributed by atoms with van der Waals surface area (Å²) in [5, 5.41) is 3.71. The lowest BCUT2D eigenvalue weighted by Gasteiger charge is -2.33. The van der Waals surface area contributed by atoms with Crippen LogP contribution in [-0.2, 0) is 0 Å². The highest BCUT2D eigenvalue weighted by atomic mass is 15.2. The zero-order valence-corrected chi connectivity index (χ0v) is 12.4. The predicted octanol–water partition coefficient (Wildman–Crippen LogP) is 3.27. The molecule has 2 rings (SSSR count). The molecule has 0 saturated carbocycles. The molecule has 1 aliphatic heterocycles. The van der Waals surface area contributed by atoms with E-state index in [1.807, 2.05) is 0 Å². The van der Waals surface area contributed by atoms with Crippen molar-refractivity contribution in [3.63, 3.8) is 0 Å². The van der Waals surface area contributed by atoms with Gasteiger partial charge in [-0.1, -0.05) is 17.7 Å². The molecule has 100 valence electrons. The Morgan fingerprint density at radius 2 is 2.00 bits per heavy atom. The van der Waals surface area contributed by atoms with Crippen molar-refractivity contribution in [1.82, 2.24) is 5.32 Å². The Balaban J connectivity index is 2.26. The molecule has 1 aromatic rings. The summed E-state index contributed by atoms with van der Waals surface area (Å²) < 4.78 is 0. The zero-order chi connectivity index (χ0) is 13.3. The number of nitrogens with zero attached hydrogens (tertiary/aromatic N) is 1. The number of aryl methyl sites for hydroxylation is 2. The van der Waals surface area contributed by atoms with Crippen LogP contribution in [0.25, 0.3) is 0 Å². The van der Waals surface area contributed by atoms with Gasteiger partial charge in [-0.3, -0.25) is 0 Å². The van der Waals surface area contributed by atoms with E-state index in [2.05, 4.69) is 63.0 Å². The van der Waals surface area contributed by atoms with Gasteiger partial charge in [-0.05, 0) is 52.7 Å². The Bertz CT molecular complexity index is 423. The second kappa shape index (κ2) is 4.93. The third-order valence-electron chi connectivity index (χ3n) is 3.75. The van der Waals surface area contributed by atoms with Crippen LogP contribution in [0.3, 0.4) is 0 Å². The molecule has 0 amide bonds. The van der Waals surface area contributed by atoms with Crippen LogP contribution in [0.15, 0.2) is 18.2 Å². The van der Waals surface area contributed by atoms with E-state index in [-0.39, 0.29) is 5.54 Å². The summed E-state index contributed by atoms with van der Waals surface area (Å²) >= 11 is 0. The van der Waals surface area contributed by atoms with E-state index in [9.17, 15) is 0 Å². The van der Waals surface area contributed by atoms with Crippen molar-refractivity contribution < 1.29 is 0 Å². The van der Waals surface area contributed by atoms with E-state index >= 15 is 0 Å². The van der Waals surface area contributed by atoms with E-state index in [4.69, 9.17) is 0 Å². The molecule has 1 atom stereocenters. The molecule has 2 heteroatoms. The average Bonchev–Trinajstić information content (AvgIpc) is 2.36. The molecular formula is C16H26N2. The van der Waals surface area contributed by atoms with Gasteiger partial charge in [0.25, 0.3) is 0 Å². The maximum absolute atomic E-state index is 3.71. The molecule has 1 saturated heterocycles. The van der Waals surface area contributed by atoms with E-state index in [0.29, 0.717) is 6.04 Å². The Kier molecular flexibility index (Phi) is 3.67. The Hall–Kier alpha value is -1.02. The summed E-state index contributed by atoms with van der Waals surface area (Å²) in [6, 6.07) is 7.37. The summed E-state index contributed by atoms with van der Waals surface area (Å²) in [7, 11) is 0. The van der Waals surface area contributed by atoms with Crippen LogP contribution in [-0.4, -0.2) is 24.7 Å². The van der Waals surface area contributed by atoms with Crippen LogP contribution >= 0.6 is 0 Å². The maximum atomic E-state index is 3.71. The minimum atomic E-state index is 0.174. The summed E-state index contributed by atoms with van der Waals surface area (Å²) in [6.07, 6.45) is 1.21. The number of benzene rings is 1. The van der Waals surface area contributed by atoms with Gasteiger partial charge in [-0.2, -0.15) is 0 Å². The molecule has 0 aliphatic carbocycles. The molecule has 1 unspecified atom stereocenters. The second-order valence-corrected chi connectivity index (χ2v) is 6.43. The predicted molar refractivity (Wildman–Crippen MR) is 79.4 cm³/mol. The largest absolute Gasteiger partial charge is 0.369 e. The van der Waals surface area contributed by atoms with Crippen LogP contribution in [0.2, 0.25) is 0 Å². The molecule has 1 aromatic carbocycles. The van der Waals surface area contributed by atoms with Crippen LogP contribution in [0.5, 0.6) is 0 Å². The van der Waals surface area contributed by atoms with E-state index in [0.717, 1.165) is 13.1 Å². The fourth-order valence-corrected chi connectivity index (χ4v) is 3.06. The summed E-state index contributed by atoms with van der Waals surface area (Å²) in [5.74, 6) is 0. The molecule has 1 aliphatic rings. The maximum Gasteiger partial charge on any atom is 0.0396 e. The third kappa shape index (κ3) is 3.05. The molecule has 0 bridgehead atoms. The third-order valence-corrected chi connectivity index (χ3v) is 3.75. The first-order chi connectivity index (χ1) is 8.37. The van der Waals surface area contributed by atoms with Crippen LogP contribution < -0.4 is 10.2 Å². The average molecular weight is 246 g/mol. The molecular weight excluding hydrogens is 220 g/mol. The number of nitrogens with one attached hydrogen (secondary N) is 1. The highest BCUT2D eigenvalue weighted by Gasteiger charge is 2.27. The van der Waals surface area contributed by atoms with Gasteiger partial charge in [0.1, 0.15) is 0 Å². The van der Waals surface area contributed by atoms with Gasteiger partial charge < -0.3 is 10.2 Å². The van der Waals surface area contributed by atoms with Gasteiger partial charge in [-0.25, -0.2) is 0 Å². The number of hydrogen-bond acceptors (Lipinski definition) is 2. The number of rotatable bonds is 1. The molecule has 0 aromatic heterocycles. The Labute approximate surface area is 111 Å². The van der Waals surface area contributed by atoms with Crippen LogP contribution in [0.1, 0.15) is 38.3 Å². The lowest BCUT2D eigenvalue weighted by molar-refractivity contribution is 0.368. The fourth-order valence-electron chi connectivity index (χ4n) is 3.06. The number of anilines is 1. The fraction of sp³-hybridized carbons (Fsp3) is 0.625. The van der Waals surface area contributed by atoms with E-state index in [1.54, 1.807) is 0 Å². The van der Waals surface area contributed by atoms with E-state index in [1.165, 1.54) is 23.2 Å². The minimum absolute atomic E-state index is 0.174. The minimum Gasteiger partial charge on any atom is -0.369 e. The molecule has 18 heavy (non-hydrogen) atoms. The molecule has 1 fully saturated rings. The summed E-state index contributed by atoms with van der Waals surface area (Å²) in [4.78, 5) is 2.53. The molecule has 0 radical (unpaired) electrons. The van der Waals surface area contributed by atoms with Crippen molar-refractivity contribution in [2.75, 3.05) is 18.0 Å². The van der Waals surface area contributed by atoms with Gasteiger partial charge >= 0.3 is 0 Å². The highest BCUT2D eigenvalue weighted by molar-refractivity contribution is 5.54. The van der Waals surface area contributed by atoms with Crippen molar-refractivity contribution in [2.45, 2.75) is 52.6 Å². The first-order valence-corrected chi connectivity index (χ1v) is 6.97. The summed E-state index contributed by atoms with van der Waals surface area (Å²) in [6.45, 7) is 13.5. The standard InChI is InChI=1S/C16H26N2/c1-12-6-7-15(13(2)10-12)18-9-8-14(3)17-16(4,5)11-18/h6-7,10,14,17H,8-9,11H2,1-5H3. The van der Waals surface area contributed by atoms with E-state index < -0.39 is 0 Å². The van der Waals surface area contributed by atoms with Crippen molar-refractivity contribution in [2.24, 2.45) is 0 Å². The smallest absolute Gasteiger partial charge is 0.0396 e. The van der Waals surface area contributed by atoms with Crippen molar-refractivity contribution >= 4 is 5.69 Å². The van der Waals surface area contributed by atoms with Gasteiger partial charge in [0.2, 0.25) is 0 Å². The van der Waals surface area contributed by atoms with Crippen LogP contribution in [0, 0.1) is 13.8 Å². The Morgan fingerprint density at radius 3 is 2.67 bits per heavy atom. The first kappa shape index (κ1) is 13.4. The first-order valence-electron chi connectivity index (χ1n) is 6.97. The van der Waals surface area contributed by atoms with Crippen molar-refractivity contribution in [3.8, 4) is 0 Å². The van der Waals surface area contributed by atoms with Crippen molar-refractivity contribution in [3.05, 3.63) is 29.3 Å². The van der Waals surface area contributed by atoms with Gasteiger partial charge in [0.15, 0.2) is 0 Å². The summed E-state index contributed by atoms with van der Waals surface area (Å²) in [5.41, 5.74) is 4.30. The molecule has 2 nitrogen and oxygen atoms in total. The van der Waals surface area contributed by atoms with Crippen LogP contribution in [0.4, 0.5) is 5.69 Å². The molecule has 0 spiro atoms. The highest BCUT2D eigenvalue weighted by Crippen LogP contribution is 2.25. The zero-order valence-electron chi connectivity index (χ0n) is 12.4. The lowest BCUT2D eigenvalue weighted by Crippen LogP contribution is -2.48. The quantitative estimate of drug-likeness (QED) is 0.818. The second-order valence-electron chi connectivity index (χ2n) is 6.43. The Morgan fingerprint density at radius 1 is 1.28 bits per heavy atom. The van der Waals surface area contributed by atoms with Crippen molar-refractivity contribution in [1.29, 1.82) is 0 Å².